The van der Waals surface area contributed by atoms with Crippen molar-refractivity contribution in [1.82, 2.24) is 0 Å². The Morgan fingerprint density at radius 2 is 1.69 bits per heavy atom. The minimum atomic E-state index is -5.69. The van der Waals surface area contributed by atoms with Crippen LogP contribution in [0.2, 0.25) is 0 Å². The van der Waals surface area contributed by atoms with Crippen LogP contribution in [-0.4, -0.2) is 13.9 Å². The van der Waals surface area contributed by atoms with Crippen LogP contribution in [0.1, 0.15) is 5.56 Å². The second kappa shape index (κ2) is 4.81. The first-order valence-corrected chi connectivity index (χ1v) is 5.40. The topological polar surface area (TPSA) is 52.6 Å². The van der Waals surface area contributed by atoms with Crippen LogP contribution in [0.4, 0.5) is 13.2 Å². The predicted molar refractivity (Wildman–Crippen MR) is 47.3 cm³/mol. The lowest BCUT2D eigenvalue weighted by molar-refractivity contribution is -0.224. The average Bonchev–Trinajstić information content (AvgIpc) is 2.17. The zero-order chi connectivity index (χ0) is 12.2. The monoisotopic (exact) mass is 256 g/mol. The molecule has 0 saturated carbocycles. The zero-order valence-electron chi connectivity index (χ0n) is 7.77. The van der Waals surface area contributed by atoms with Crippen LogP contribution in [0.15, 0.2) is 30.3 Å². The second-order valence-electron chi connectivity index (χ2n) is 2.72. The van der Waals surface area contributed by atoms with Gasteiger partial charge >= 0.3 is 15.6 Å². The Labute approximate surface area is 89.6 Å². The maximum absolute atomic E-state index is 11.8. The molecular formula is C8H7F3O4S. The first kappa shape index (κ1) is 12.9. The summed E-state index contributed by atoms with van der Waals surface area (Å²) < 4.78 is 59.4. The molecule has 0 heterocycles. The van der Waals surface area contributed by atoms with Crippen LogP contribution in [0.5, 0.6) is 0 Å². The summed E-state index contributed by atoms with van der Waals surface area (Å²) in [5, 5.41) is 0. The van der Waals surface area contributed by atoms with Gasteiger partial charge in [0.1, 0.15) is 6.61 Å². The summed E-state index contributed by atoms with van der Waals surface area (Å²) in [5.74, 6) is 0. The van der Waals surface area contributed by atoms with Crippen LogP contribution < -0.4 is 0 Å². The molecular weight excluding hydrogens is 249 g/mol. The molecule has 0 aromatic heterocycles. The summed E-state index contributed by atoms with van der Waals surface area (Å²) in [4.78, 5) is 4.00. The van der Waals surface area contributed by atoms with E-state index in [0.29, 0.717) is 5.56 Å². The molecule has 0 unspecified atom stereocenters. The summed E-state index contributed by atoms with van der Waals surface area (Å²) in [5.41, 5.74) is -5.00. The minimum Gasteiger partial charge on any atom is -0.215 e. The van der Waals surface area contributed by atoms with Crippen LogP contribution in [0, 0.1) is 0 Å². The second-order valence-corrected chi connectivity index (χ2v) is 4.22. The quantitative estimate of drug-likeness (QED) is 0.469. The Hall–Kier alpha value is -1.12. The first-order valence-electron chi connectivity index (χ1n) is 3.99. The number of hydrogen-bond donors (Lipinski definition) is 0. The van der Waals surface area contributed by atoms with Gasteiger partial charge in [0.15, 0.2) is 0 Å². The highest BCUT2D eigenvalue weighted by Crippen LogP contribution is 2.24. The number of rotatable bonds is 4. The van der Waals surface area contributed by atoms with Gasteiger partial charge in [-0.05, 0) is 5.56 Å². The molecule has 1 aromatic rings. The molecule has 16 heavy (non-hydrogen) atoms. The van der Waals surface area contributed by atoms with E-state index in [0.717, 1.165) is 0 Å². The summed E-state index contributed by atoms with van der Waals surface area (Å²) in [6, 6.07) is 8.03. The molecule has 90 valence electrons. The molecule has 0 N–H and O–H groups in total. The molecule has 1 aromatic carbocycles. The van der Waals surface area contributed by atoms with Crippen LogP contribution in [-0.2, 0) is 25.9 Å². The molecule has 0 radical (unpaired) electrons. The highest BCUT2D eigenvalue weighted by atomic mass is 32.2. The van der Waals surface area contributed by atoms with Gasteiger partial charge in [0.25, 0.3) is 0 Å². The summed E-state index contributed by atoms with van der Waals surface area (Å²) in [7, 11) is -5.69. The number of benzene rings is 1. The third-order valence-electron chi connectivity index (χ3n) is 1.49. The fraction of sp³-hybridized carbons (Fsp3) is 0.250. The largest absolute Gasteiger partial charge is 0.525 e. The van der Waals surface area contributed by atoms with Gasteiger partial charge in [-0.2, -0.15) is 21.6 Å². The van der Waals surface area contributed by atoms with Crippen molar-refractivity contribution in [2.75, 3.05) is 0 Å². The molecule has 0 fully saturated rings. The highest BCUT2D eigenvalue weighted by Gasteiger charge is 2.48. The first-order chi connectivity index (χ1) is 7.33. The lowest BCUT2D eigenvalue weighted by Crippen LogP contribution is -2.25. The van der Waals surface area contributed by atoms with Crippen molar-refractivity contribution in [2.24, 2.45) is 0 Å². The van der Waals surface area contributed by atoms with E-state index >= 15 is 0 Å². The Kier molecular flexibility index (Phi) is 3.89. The van der Waals surface area contributed by atoms with E-state index in [1.165, 1.54) is 0 Å². The molecule has 1 rings (SSSR count). The fourth-order valence-electron chi connectivity index (χ4n) is 0.768. The summed E-state index contributed by atoms with van der Waals surface area (Å²) in [6.07, 6.45) is 0. The van der Waals surface area contributed by atoms with Crippen molar-refractivity contribution in [2.45, 2.75) is 12.1 Å². The molecule has 0 aliphatic heterocycles. The van der Waals surface area contributed by atoms with Crippen LogP contribution in [0.3, 0.4) is 0 Å². The SMILES string of the molecule is O=S(=O)(OOCc1ccccc1)C(F)(F)F. The van der Waals surface area contributed by atoms with Gasteiger partial charge in [-0.25, -0.2) is 4.89 Å². The molecule has 8 heteroatoms. The lowest BCUT2D eigenvalue weighted by atomic mass is 10.2. The zero-order valence-corrected chi connectivity index (χ0v) is 8.59. The van der Waals surface area contributed by atoms with Crippen molar-refractivity contribution in [3.05, 3.63) is 35.9 Å². The van der Waals surface area contributed by atoms with Crippen molar-refractivity contribution in [1.29, 1.82) is 0 Å². The molecule has 0 aliphatic carbocycles. The van der Waals surface area contributed by atoms with Crippen molar-refractivity contribution >= 4 is 10.1 Å². The number of halogens is 3. The van der Waals surface area contributed by atoms with E-state index in [2.05, 4.69) is 9.22 Å². The van der Waals surface area contributed by atoms with E-state index < -0.39 is 22.2 Å². The van der Waals surface area contributed by atoms with E-state index in [1.54, 1.807) is 30.3 Å². The maximum atomic E-state index is 11.8. The van der Waals surface area contributed by atoms with Gasteiger partial charge < -0.3 is 0 Å². The molecule has 0 saturated heterocycles. The van der Waals surface area contributed by atoms with Gasteiger partial charge in [0, 0.05) is 0 Å². The van der Waals surface area contributed by atoms with E-state index in [-0.39, 0.29) is 0 Å². The van der Waals surface area contributed by atoms with Gasteiger partial charge in [-0.1, -0.05) is 34.7 Å². The minimum absolute atomic E-state index is 0.393. The average molecular weight is 256 g/mol. The Morgan fingerprint density at radius 3 is 2.19 bits per heavy atom. The number of alkyl halides is 3. The molecule has 4 nitrogen and oxygen atoms in total. The maximum Gasteiger partial charge on any atom is 0.525 e. The van der Waals surface area contributed by atoms with Crippen LogP contribution in [0.25, 0.3) is 0 Å². The normalized spacial score (nSPS) is 12.7. The fourth-order valence-corrected chi connectivity index (χ4v) is 1.02. The summed E-state index contributed by atoms with van der Waals surface area (Å²) >= 11 is 0. The summed E-state index contributed by atoms with van der Waals surface area (Å²) in [6.45, 7) is -0.393. The Morgan fingerprint density at radius 1 is 1.12 bits per heavy atom. The van der Waals surface area contributed by atoms with Gasteiger partial charge in [0.05, 0.1) is 0 Å². The van der Waals surface area contributed by atoms with Gasteiger partial charge in [-0.15, -0.1) is 0 Å². The lowest BCUT2D eigenvalue weighted by Gasteiger charge is -2.07. The Bertz CT molecular complexity index is 426. The van der Waals surface area contributed by atoms with Crippen LogP contribution >= 0.6 is 0 Å². The van der Waals surface area contributed by atoms with Crippen molar-refractivity contribution in [3.63, 3.8) is 0 Å². The molecule has 0 spiro atoms. The Balaban J connectivity index is 2.49. The standard InChI is InChI=1S/C8H7F3O4S/c9-8(10,11)16(12,13)15-14-6-7-4-2-1-3-5-7/h1-5H,6H2. The van der Waals surface area contributed by atoms with Crippen molar-refractivity contribution in [3.8, 4) is 0 Å². The smallest absolute Gasteiger partial charge is 0.215 e. The molecule has 0 amide bonds. The van der Waals surface area contributed by atoms with E-state index in [1.807, 2.05) is 0 Å². The highest BCUT2D eigenvalue weighted by molar-refractivity contribution is 7.87. The predicted octanol–water partition coefficient (Wildman–Crippen LogP) is 1.98. The third kappa shape index (κ3) is 3.47. The third-order valence-corrected chi connectivity index (χ3v) is 2.33. The van der Waals surface area contributed by atoms with Gasteiger partial charge in [0.2, 0.25) is 0 Å². The molecule has 0 aliphatic rings. The molecule has 0 bridgehead atoms. The molecule has 0 atom stereocenters. The van der Waals surface area contributed by atoms with Gasteiger partial charge in [-0.3, -0.25) is 0 Å². The number of hydrogen-bond acceptors (Lipinski definition) is 4. The van der Waals surface area contributed by atoms with E-state index in [9.17, 15) is 21.6 Å². The van der Waals surface area contributed by atoms with Crippen molar-refractivity contribution < 1.29 is 30.8 Å². The van der Waals surface area contributed by atoms with E-state index in [4.69, 9.17) is 0 Å².